The Labute approximate surface area is 129 Å². The smallest absolute Gasteiger partial charge is 0.172 e. The lowest BCUT2D eigenvalue weighted by Gasteiger charge is -2.11. The van der Waals surface area contributed by atoms with Crippen molar-refractivity contribution in [2.45, 2.75) is 26.8 Å². The first-order valence-corrected chi connectivity index (χ1v) is 7.53. The van der Waals surface area contributed by atoms with Crippen LogP contribution in [0.1, 0.15) is 35.6 Å². The first-order chi connectivity index (χ1) is 10.7. The topological polar surface area (TPSA) is 47.8 Å². The number of nitrogens with zero attached hydrogens (tertiary/aromatic N) is 3. The van der Waals surface area contributed by atoms with E-state index in [0.29, 0.717) is 18.2 Å². The van der Waals surface area contributed by atoms with Crippen LogP contribution in [-0.4, -0.2) is 21.3 Å². The third-order valence-corrected chi connectivity index (χ3v) is 3.78. The summed E-state index contributed by atoms with van der Waals surface area (Å²) in [6, 6.07) is 14.6. The molecule has 2 aromatic carbocycles. The Kier molecular flexibility index (Phi) is 4.00. The SMILES string of the molecule is CC(C)Cc1c(C=O)nnn1Cc1cccc2ccccc12. The van der Waals surface area contributed by atoms with Gasteiger partial charge in [0.15, 0.2) is 6.29 Å². The minimum absolute atomic E-state index is 0.448. The zero-order valence-electron chi connectivity index (χ0n) is 12.9. The second-order valence-electron chi connectivity index (χ2n) is 5.93. The van der Waals surface area contributed by atoms with Crippen LogP contribution in [0.3, 0.4) is 0 Å². The molecule has 0 saturated heterocycles. The lowest BCUT2D eigenvalue weighted by Crippen LogP contribution is -2.10. The van der Waals surface area contributed by atoms with Crippen LogP contribution in [-0.2, 0) is 13.0 Å². The van der Waals surface area contributed by atoms with Gasteiger partial charge in [0, 0.05) is 0 Å². The predicted molar refractivity (Wildman–Crippen MR) is 87.0 cm³/mol. The van der Waals surface area contributed by atoms with Gasteiger partial charge in [-0.15, -0.1) is 5.10 Å². The Balaban J connectivity index is 2.02. The fourth-order valence-electron chi connectivity index (χ4n) is 2.75. The number of benzene rings is 2. The second kappa shape index (κ2) is 6.10. The van der Waals surface area contributed by atoms with Crippen molar-refractivity contribution in [2.75, 3.05) is 0 Å². The van der Waals surface area contributed by atoms with E-state index in [9.17, 15) is 4.79 Å². The highest BCUT2D eigenvalue weighted by Crippen LogP contribution is 2.20. The molecule has 0 N–H and O–H groups in total. The Bertz CT molecular complexity index is 800. The number of aldehydes is 1. The average Bonchev–Trinajstić information content (AvgIpc) is 2.89. The van der Waals surface area contributed by atoms with Gasteiger partial charge in [0.05, 0.1) is 12.2 Å². The Morgan fingerprint density at radius 2 is 1.91 bits per heavy atom. The van der Waals surface area contributed by atoms with Gasteiger partial charge in [0.25, 0.3) is 0 Å². The van der Waals surface area contributed by atoms with E-state index in [-0.39, 0.29) is 0 Å². The van der Waals surface area contributed by atoms with E-state index in [1.165, 1.54) is 16.3 Å². The molecule has 0 spiro atoms. The first kappa shape index (κ1) is 14.4. The lowest BCUT2D eigenvalue weighted by molar-refractivity contribution is 0.111. The summed E-state index contributed by atoms with van der Waals surface area (Å²) in [5, 5.41) is 10.6. The minimum Gasteiger partial charge on any atom is -0.296 e. The second-order valence-corrected chi connectivity index (χ2v) is 5.93. The highest BCUT2D eigenvalue weighted by molar-refractivity contribution is 5.85. The Morgan fingerprint density at radius 1 is 1.14 bits per heavy atom. The minimum atomic E-state index is 0.448. The summed E-state index contributed by atoms with van der Waals surface area (Å²) in [6.45, 7) is 4.89. The van der Waals surface area contributed by atoms with E-state index in [0.717, 1.165) is 18.4 Å². The van der Waals surface area contributed by atoms with Crippen molar-refractivity contribution in [3.63, 3.8) is 0 Å². The Hall–Kier alpha value is -2.49. The summed E-state index contributed by atoms with van der Waals surface area (Å²) in [4.78, 5) is 11.2. The number of fused-ring (bicyclic) bond motifs is 1. The van der Waals surface area contributed by atoms with Gasteiger partial charge < -0.3 is 0 Å². The number of carbonyl (C=O) groups is 1. The van der Waals surface area contributed by atoms with Crippen LogP contribution in [0, 0.1) is 5.92 Å². The Morgan fingerprint density at radius 3 is 2.68 bits per heavy atom. The van der Waals surface area contributed by atoms with Gasteiger partial charge in [0.2, 0.25) is 0 Å². The van der Waals surface area contributed by atoms with Crippen LogP contribution >= 0.6 is 0 Å². The molecule has 0 aliphatic rings. The molecule has 22 heavy (non-hydrogen) atoms. The van der Waals surface area contributed by atoms with Crippen LogP contribution < -0.4 is 0 Å². The van der Waals surface area contributed by atoms with Gasteiger partial charge in [-0.25, -0.2) is 4.68 Å². The first-order valence-electron chi connectivity index (χ1n) is 7.53. The molecule has 3 aromatic rings. The van der Waals surface area contributed by atoms with Gasteiger partial charge >= 0.3 is 0 Å². The number of hydrogen-bond donors (Lipinski definition) is 0. The van der Waals surface area contributed by atoms with Crippen molar-refractivity contribution in [3.8, 4) is 0 Å². The number of hydrogen-bond acceptors (Lipinski definition) is 3. The third kappa shape index (κ3) is 2.77. The molecule has 0 saturated carbocycles. The zero-order valence-corrected chi connectivity index (χ0v) is 12.9. The van der Waals surface area contributed by atoms with Crippen LogP contribution in [0.2, 0.25) is 0 Å². The summed E-state index contributed by atoms with van der Waals surface area (Å²) >= 11 is 0. The van der Waals surface area contributed by atoms with Gasteiger partial charge in [0.1, 0.15) is 5.69 Å². The van der Waals surface area contributed by atoms with Crippen molar-refractivity contribution in [1.82, 2.24) is 15.0 Å². The molecule has 1 aromatic heterocycles. The molecule has 1 heterocycles. The highest BCUT2D eigenvalue weighted by atomic mass is 16.1. The largest absolute Gasteiger partial charge is 0.296 e. The van der Waals surface area contributed by atoms with E-state index in [1.807, 2.05) is 16.8 Å². The summed E-state index contributed by atoms with van der Waals surface area (Å²) < 4.78 is 1.85. The molecular weight excluding hydrogens is 274 g/mol. The maximum atomic E-state index is 11.2. The normalized spacial score (nSPS) is 11.2. The fraction of sp³-hybridized carbons (Fsp3) is 0.278. The molecule has 0 atom stereocenters. The van der Waals surface area contributed by atoms with E-state index >= 15 is 0 Å². The molecule has 0 fully saturated rings. The number of carbonyl (C=O) groups excluding carboxylic acids is 1. The van der Waals surface area contributed by atoms with Crippen molar-refractivity contribution >= 4 is 17.1 Å². The third-order valence-electron chi connectivity index (χ3n) is 3.78. The molecule has 0 bridgehead atoms. The molecule has 3 rings (SSSR count). The quantitative estimate of drug-likeness (QED) is 0.677. The monoisotopic (exact) mass is 293 g/mol. The molecule has 0 unspecified atom stereocenters. The summed E-state index contributed by atoms with van der Waals surface area (Å²) in [5.74, 6) is 0.448. The standard InChI is InChI=1S/C18H19N3O/c1-13(2)10-18-17(12-22)19-20-21(18)11-15-8-5-7-14-6-3-4-9-16(14)15/h3-9,12-13H,10-11H2,1-2H3. The zero-order chi connectivity index (χ0) is 15.5. The van der Waals surface area contributed by atoms with E-state index in [1.54, 1.807) is 0 Å². The molecule has 0 aliphatic heterocycles. The van der Waals surface area contributed by atoms with Crippen molar-refractivity contribution in [2.24, 2.45) is 5.92 Å². The molecular formula is C18H19N3O. The fourth-order valence-corrected chi connectivity index (χ4v) is 2.75. The van der Waals surface area contributed by atoms with Crippen LogP contribution in [0.5, 0.6) is 0 Å². The van der Waals surface area contributed by atoms with Crippen molar-refractivity contribution < 1.29 is 4.79 Å². The van der Waals surface area contributed by atoms with Crippen LogP contribution in [0.25, 0.3) is 10.8 Å². The van der Waals surface area contributed by atoms with E-state index < -0.39 is 0 Å². The van der Waals surface area contributed by atoms with Gasteiger partial charge in [-0.1, -0.05) is 61.5 Å². The maximum Gasteiger partial charge on any atom is 0.172 e. The van der Waals surface area contributed by atoms with Crippen molar-refractivity contribution in [1.29, 1.82) is 0 Å². The van der Waals surface area contributed by atoms with Crippen molar-refractivity contribution in [3.05, 3.63) is 59.4 Å². The summed E-state index contributed by atoms with van der Waals surface area (Å²) in [7, 11) is 0. The predicted octanol–water partition coefficient (Wildman–Crippen LogP) is 3.49. The maximum absolute atomic E-state index is 11.2. The van der Waals surface area contributed by atoms with Gasteiger partial charge in [-0.05, 0) is 28.7 Å². The number of rotatable bonds is 5. The van der Waals surface area contributed by atoms with Crippen LogP contribution in [0.15, 0.2) is 42.5 Å². The molecule has 0 radical (unpaired) electrons. The summed E-state index contributed by atoms with van der Waals surface area (Å²) in [6.07, 6.45) is 1.59. The van der Waals surface area contributed by atoms with Gasteiger partial charge in [-0.2, -0.15) is 0 Å². The molecule has 112 valence electrons. The molecule has 4 nitrogen and oxygen atoms in total. The summed E-state index contributed by atoms with van der Waals surface area (Å²) in [5.41, 5.74) is 2.55. The van der Waals surface area contributed by atoms with Crippen LogP contribution in [0.4, 0.5) is 0 Å². The highest BCUT2D eigenvalue weighted by Gasteiger charge is 2.14. The van der Waals surface area contributed by atoms with E-state index in [2.05, 4.69) is 54.5 Å². The average molecular weight is 293 g/mol. The lowest BCUT2D eigenvalue weighted by atomic mass is 10.0. The van der Waals surface area contributed by atoms with E-state index in [4.69, 9.17) is 0 Å². The van der Waals surface area contributed by atoms with Gasteiger partial charge in [-0.3, -0.25) is 4.79 Å². The number of aromatic nitrogens is 3. The molecule has 0 aliphatic carbocycles. The molecule has 4 heteroatoms. The molecule has 0 amide bonds.